The average molecular weight is 496 g/mol. The summed E-state index contributed by atoms with van der Waals surface area (Å²) in [4.78, 5) is 17.9. The lowest BCUT2D eigenvalue weighted by Crippen LogP contribution is -2.33. The van der Waals surface area contributed by atoms with Gasteiger partial charge in [-0.25, -0.2) is 4.68 Å². The Morgan fingerprint density at radius 1 is 1.12 bits per heavy atom. The summed E-state index contributed by atoms with van der Waals surface area (Å²) in [5.41, 5.74) is 9.42. The molecular weight excluding hydrogens is 474 g/mol. The molecule has 2 unspecified atom stereocenters. The van der Waals surface area contributed by atoms with Gasteiger partial charge in [-0.2, -0.15) is 4.98 Å². The molecule has 2 aliphatic rings. The quantitative estimate of drug-likeness (QED) is 0.562. The van der Waals surface area contributed by atoms with E-state index in [1.165, 1.54) is 0 Å². The van der Waals surface area contributed by atoms with Crippen LogP contribution < -0.4 is 20.5 Å². The van der Waals surface area contributed by atoms with Gasteiger partial charge in [0.2, 0.25) is 11.9 Å². The molecule has 0 radical (unpaired) electrons. The highest BCUT2D eigenvalue weighted by atomic mass is 79.9. The van der Waals surface area contributed by atoms with E-state index in [0.717, 1.165) is 21.3 Å². The maximum Gasteiger partial charge on any atom is 0.241 e. The summed E-state index contributed by atoms with van der Waals surface area (Å²) in [7, 11) is 3.21. The second-order valence-corrected chi connectivity index (χ2v) is 8.68. The molecule has 3 aromatic rings. The highest BCUT2D eigenvalue weighted by Gasteiger charge is 2.40. The van der Waals surface area contributed by atoms with Crippen LogP contribution in [0.5, 0.6) is 11.5 Å². The topological polar surface area (TPSA) is 104 Å². The smallest absolute Gasteiger partial charge is 0.241 e. The third kappa shape index (κ3) is 3.33. The van der Waals surface area contributed by atoms with Crippen LogP contribution in [0.2, 0.25) is 0 Å². The molecule has 0 fully saturated rings. The van der Waals surface area contributed by atoms with Crippen LogP contribution in [0.4, 0.5) is 11.9 Å². The molecule has 0 bridgehead atoms. The number of nitrogen functional groups attached to an aromatic ring is 1. The number of benzene rings is 2. The van der Waals surface area contributed by atoms with Crippen LogP contribution in [0.15, 0.2) is 58.2 Å². The number of Topliss-reactive ketones (excluding diaryl/α,β-unsaturated/α-hetero) is 1. The van der Waals surface area contributed by atoms with E-state index >= 15 is 0 Å². The number of nitrogens with zero attached hydrogens (tertiary/aromatic N) is 3. The van der Waals surface area contributed by atoms with Crippen molar-refractivity contribution in [3.05, 3.63) is 69.3 Å². The van der Waals surface area contributed by atoms with Crippen LogP contribution >= 0.6 is 15.9 Å². The van der Waals surface area contributed by atoms with E-state index in [1.54, 1.807) is 18.9 Å². The summed E-state index contributed by atoms with van der Waals surface area (Å²) in [6.07, 6.45) is 1.04. The number of hydrogen-bond donors (Lipinski definition) is 2. The molecule has 3 N–H and O–H groups in total. The number of rotatable bonds is 4. The zero-order chi connectivity index (χ0) is 22.4. The van der Waals surface area contributed by atoms with E-state index < -0.39 is 6.04 Å². The second-order valence-electron chi connectivity index (χ2n) is 7.82. The number of ketones is 1. The molecule has 1 aliphatic carbocycles. The van der Waals surface area contributed by atoms with Crippen molar-refractivity contribution in [1.29, 1.82) is 0 Å². The number of nitrogens with two attached hydrogens (primary N) is 1. The number of ether oxygens (including phenoxy) is 2. The Bertz CT molecular complexity index is 1250. The van der Waals surface area contributed by atoms with Crippen molar-refractivity contribution in [3.63, 3.8) is 0 Å². The predicted molar refractivity (Wildman–Crippen MR) is 124 cm³/mol. The molecular formula is C23H22BrN5O3. The van der Waals surface area contributed by atoms with Gasteiger partial charge in [0.15, 0.2) is 17.3 Å². The third-order valence-electron chi connectivity index (χ3n) is 6.02. The first-order valence-corrected chi connectivity index (χ1v) is 11.0. The van der Waals surface area contributed by atoms with Gasteiger partial charge in [-0.05, 0) is 41.7 Å². The van der Waals surface area contributed by atoms with Gasteiger partial charge in [0.1, 0.15) is 6.04 Å². The van der Waals surface area contributed by atoms with Gasteiger partial charge in [0.05, 0.1) is 14.2 Å². The van der Waals surface area contributed by atoms with Crippen molar-refractivity contribution in [2.75, 3.05) is 25.3 Å². The van der Waals surface area contributed by atoms with Gasteiger partial charge < -0.3 is 20.5 Å². The third-order valence-corrected chi connectivity index (χ3v) is 6.74. The highest BCUT2D eigenvalue weighted by Crippen LogP contribution is 2.46. The number of halogens is 1. The molecule has 0 spiro atoms. The van der Waals surface area contributed by atoms with E-state index in [0.29, 0.717) is 35.9 Å². The minimum absolute atomic E-state index is 0.000221. The summed E-state index contributed by atoms with van der Waals surface area (Å²) in [6, 6.07) is 13.2. The molecule has 0 amide bonds. The molecule has 2 heterocycles. The lowest BCUT2D eigenvalue weighted by atomic mass is 9.78. The number of anilines is 2. The first-order valence-electron chi connectivity index (χ1n) is 10.2. The molecule has 9 heteroatoms. The van der Waals surface area contributed by atoms with Gasteiger partial charge in [0.25, 0.3) is 0 Å². The number of fused-ring (bicyclic) bond motifs is 1. The Morgan fingerprint density at radius 2 is 1.91 bits per heavy atom. The highest BCUT2D eigenvalue weighted by molar-refractivity contribution is 9.10. The van der Waals surface area contributed by atoms with Crippen LogP contribution in [-0.2, 0) is 4.79 Å². The first kappa shape index (κ1) is 20.6. The van der Waals surface area contributed by atoms with Crippen LogP contribution in [0.3, 0.4) is 0 Å². The SMILES string of the molecule is COc1ccc(C2CC(=O)C3=C(C2)Nc2nc(N)nn2C3c2ccccc2Br)cc1OC. The largest absolute Gasteiger partial charge is 0.493 e. The lowest BCUT2D eigenvalue weighted by Gasteiger charge is -2.35. The summed E-state index contributed by atoms with van der Waals surface area (Å²) in [5.74, 6) is 2.06. The Hall–Kier alpha value is -3.33. The average Bonchev–Trinajstić information content (AvgIpc) is 3.17. The fourth-order valence-corrected chi connectivity index (χ4v) is 5.06. The number of carbonyl (C=O) groups excluding carboxylic acids is 1. The van der Waals surface area contributed by atoms with Crippen molar-refractivity contribution in [2.45, 2.75) is 24.8 Å². The molecule has 2 aromatic carbocycles. The predicted octanol–water partition coefficient (Wildman–Crippen LogP) is 4.06. The molecule has 2 atom stereocenters. The van der Waals surface area contributed by atoms with E-state index in [1.807, 2.05) is 42.5 Å². The first-order chi connectivity index (χ1) is 15.5. The van der Waals surface area contributed by atoms with Gasteiger partial charge in [-0.15, -0.1) is 5.10 Å². The minimum Gasteiger partial charge on any atom is -0.493 e. The fraction of sp³-hybridized carbons (Fsp3) is 0.261. The summed E-state index contributed by atoms with van der Waals surface area (Å²) in [5, 5.41) is 7.69. The zero-order valence-corrected chi connectivity index (χ0v) is 19.2. The number of methoxy groups -OCH3 is 2. The lowest BCUT2D eigenvalue weighted by molar-refractivity contribution is -0.116. The Kier molecular flexibility index (Phi) is 5.13. The Morgan fingerprint density at radius 3 is 2.66 bits per heavy atom. The summed E-state index contributed by atoms with van der Waals surface area (Å²) >= 11 is 3.63. The number of allylic oxidation sites excluding steroid dienone is 2. The Labute approximate surface area is 193 Å². The fourth-order valence-electron chi connectivity index (χ4n) is 4.56. The normalized spacial score (nSPS) is 19.8. The molecule has 164 valence electrons. The zero-order valence-electron chi connectivity index (χ0n) is 17.6. The minimum atomic E-state index is -0.402. The summed E-state index contributed by atoms with van der Waals surface area (Å²) < 4.78 is 13.4. The maximum atomic E-state index is 13.5. The van der Waals surface area contributed by atoms with Crippen LogP contribution in [0, 0.1) is 0 Å². The van der Waals surface area contributed by atoms with E-state index in [2.05, 4.69) is 31.3 Å². The van der Waals surface area contributed by atoms with Crippen LogP contribution in [-0.4, -0.2) is 34.8 Å². The molecule has 1 aliphatic heterocycles. The molecule has 1 aromatic heterocycles. The second kappa shape index (κ2) is 7.98. The van der Waals surface area contributed by atoms with Gasteiger partial charge in [-0.3, -0.25) is 4.79 Å². The van der Waals surface area contributed by atoms with E-state index in [-0.39, 0.29) is 17.6 Å². The monoisotopic (exact) mass is 495 g/mol. The standard InChI is InChI=1S/C23H22BrN5O3/c1-31-18-8-7-12(11-19(18)32-2)13-9-16-20(17(30)10-13)21(14-5-3-4-6-15(14)24)29-23(26-16)27-22(25)28-29/h3-8,11,13,21H,9-10H2,1-2H3,(H3,25,26,27,28). The summed E-state index contributed by atoms with van der Waals surface area (Å²) in [6.45, 7) is 0. The van der Waals surface area contributed by atoms with Crippen LogP contribution in [0.1, 0.15) is 35.9 Å². The molecule has 32 heavy (non-hydrogen) atoms. The number of aromatic nitrogens is 3. The van der Waals surface area contributed by atoms with Crippen molar-refractivity contribution >= 4 is 33.6 Å². The van der Waals surface area contributed by atoms with Gasteiger partial charge in [0, 0.05) is 22.2 Å². The number of nitrogens with one attached hydrogen (secondary N) is 1. The number of hydrogen-bond acceptors (Lipinski definition) is 7. The molecule has 8 nitrogen and oxygen atoms in total. The van der Waals surface area contributed by atoms with Crippen molar-refractivity contribution in [2.24, 2.45) is 0 Å². The maximum absolute atomic E-state index is 13.5. The van der Waals surface area contributed by atoms with Crippen molar-refractivity contribution < 1.29 is 14.3 Å². The van der Waals surface area contributed by atoms with E-state index in [4.69, 9.17) is 15.2 Å². The number of carbonyl (C=O) groups is 1. The van der Waals surface area contributed by atoms with Gasteiger partial charge >= 0.3 is 0 Å². The van der Waals surface area contributed by atoms with E-state index in [9.17, 15) is 4.79 Å². The van der Waals surface area contributed by atoms with Crippen molar-refractivity contribution in [1.82, 2.24) is 14.8 Å². The Balaban J connectivity index is 1.59. The molecule has 5 rings (SSSR count). The molecule has 0 saturated heterocycles. The van der Waals surface area contributed by atoms with Crippen LogP contribution in [0.25, 0.3) is 0 Å². The molecule has 0 saturated carbocycles. The van der Waals surface area contributed by atoms with Gasteiger partial charge in [-0.1, -0.05) is 40.2 Å². The van der Waals surface area contributed by atoms with Crippen molar-refractivity contribution in [3.8, 4) is 11.5 Å².